The molecule has 0 spiro atoms. The van der Waals surface area contributed by atoms with Crippen LogP contribution in [0.15, 0.2) is 36.4 Å². The van der Waals surface area contributed by atoms with E-state index in [0.717, 1.165) is 12.0 Å². The lowest BCUT2D eigenvalue weighted by Crippen LogP contribution is -2.36. The summed E-state index contributed by atoms with van der Waals surface area (Å²) in [6.07, 6.45) is 0.790. The van der Waals surface area contributed by atoms with E-state index < -0.39 is 0 Å². The molecular weight excluding hydrogens is 288 g/mol. The molecule has 3 rings (SSSR count). The summed E-state index contributed by atoms with van der Waals surface area (Å²) < 4.78 is 0. The number of carbonyl (C=O) groups is 1. The molecule has 2 aromatic rings. The number of nitrogen functional groups attached to an aromatic ring is 1. The lowest BCUT2D eigenvalue weighted by molar-refractivity contribution is 0.0735. The van der Waals surface area contributed by atoms with Gasteiger partial charge in [-0.1, -0.05) is 23.7 Å². The quantitative estimate of drug-likeness (QED) is 0.796. The Morgan fingerprint density at radius 3 is 2.86 bits per heavy atom. The molecule has 0 atom stereocenters. The summed E-state index contributed by atoms with van der Waals surface area (Å²) in [5.74, 6) is -0.132. The van der Waals surface area contributed by atoms with E-state index >= 15 is 0 Å². The molecule has 21 heavy (non-hydrogen) atoms. The molecule has 0 fully saturated rings. The Hall–Kier alpha value is -2.20. The molecule has 0 aromatic heterocycles. The van der Waals surface area contributed by atoms with Crippen LogP contribution in [0.25, 0.3) is 0 Å². The van der Waals surface area contributed by atoms with Gasteiger partial charge in [0.05, 0.1) is 5.02 Å². The first-order valence-corrected chi connectivity index (χ1v) is 7.08. The number of hydrogen-bond acceptors (Lipinski definition) is 3. The Morgan fingerprint density at radius 2 is 2.10 bits per heavy atom. The molecular formula is C16H15ClN2O2. The van der Waals surface area contributed by atoms with Gasteiger partial charge in [0.1, 0.15) is 5.75 Å². The molecule has 1 heterocycles. The number of fused-ring (bicyclic) bond motifs is 1. The minimum absolute atomic E-state index is 0.0264. The van der Waals surface area contributed by atoms with Gasteiger partial charge in [-0.2, -0.15) is 0 Å². The van der Waals surface area contributed by atoms with Crippen molar-refractivity contribution in [3.8, 4) is 5.75 Å². The predicted octanol–water partition coefficient (Wildman–Crippen LogP) is 2.83. The van der Waals surface area contributed by atoms with E-state index in [2.05, 4.69) is 0 Å². The van der Waals surface area contributed by atoms with E-state index in [1.54, 1.807) is 11.0 Å². The van der Waals surface area contributed by atoms with E-state index in [1.807, 2.05) is 18.2 Å². The summed E-state index contributed by atoms with van der Waals surface area (Å²) in [6.45, 7) is 1.15. The van der Waals surface area contributed by atoms with Gasteiger partial charge in [0.25, 0.3) is 5.91 Å². The van der Waals surface area contributed by atoms with Gasteiger partial charge < -0.3 is 15.7 Å². The lowest BCUT2D eigenvalue weighted by Gasteiger charge is -2.29. The molecule has 0 radical (unpaired) electrons. The first kappa shape index (κ1) is 13.8. The second-order valence-electron chi connectivity index (χ2n) is 5.13. The van der Waals surface area contributed by atoms with Crippen molar-refractivity contribution in [2.24, 2.45) is 0 Å². The number of aromatic hydroxyl groups is 1. The summed E-state index contributed by atoms with van der Waals surface area (Å²) in [6, 6.07) is 10.3. The maximum absolute atomic E-state index is 12.5. The average Bonchev–Trinajstić information content (AvgIpc) is 2.49. The van der Waals surface area contributed by atoms with Gasteiger partial charge in [-0.15, -0.1) is 0 Å². The fourth-order valence-electron chi connectivity index (χ4n) is 2.60. The topological polar surface area (TPSA) is 66.6 Å². The van der Waals surface area contributed by atoms with Crippen LogP contribution in [-0.2, 0) is 13.0 Å². The summed E-state index contributed by atoms with van der Waals surface area (Å²) in [5.41, 5.74) is 9.39. The Kier molecular flexibility index (Phi) is 3.47. The smallest absolute Gasteiger partial charge is 0.254 e. The summed E-state index contributed by atoms with van der Waals surface area (Å²) in [4.78, 5) is 14.3. The van der Waals surface area contributed by atoms with Gasteiger partial charge in [-0.3, -0.25) is 4.79 Å². The number of carbonyl (C=O) groups excluding carboxylic acids is 1. The largest absolute Gasteiger partial charge is 0.506 e. The number of anilines is 1. The molecule has 5 heteroatoms. The molecule has 0 aliphatic carbocycles. The normalized spacial score (nSPS) is 13.9. The number of nitrogens with zero attached hydrogens (tertiary/aromatic N) is 1. The van der Waals surface area contributed by atoms with Crippen LogP contribution in [0.4, 0.5) is 5.69 Å². The highest BCUT2D eigenvalue weighted by Crippen LogP contribution is 2.27. The zero-order valence-electron chi connectivity index (χ0n) is 11.3. The molecule has 1 aliphatic heterocycles. The number of phenols is 1. The van der Waals surface area contributed by atoms with Gasteiger partial charge in [0.15, 0.2) is 0 Å². The van der Waals surface area contributed by atoms with Crippen molar-refractivity contribution in [1.82, 2.24) is 4.90 Å². The molecule has 0 unspecified atom stereocenters. The highest BCUT2D eigenvalue weighted by molar-refractivity contribution is 6.32. The molecule has 0 saturated carbocycles. The average molecular weight is 303 g/mol. The predicted molar refractivity (Wildman–Crippen MR) is 82.4 cm³/mol. The van der Waals surface area contributed by atoms with Gasteiger partial charge in [0.2, 0.25) is 0 Å². The van der Waals surface area contributed by atoms with E-state index in [-0.39, 0.29) is 16.7 Å². The van der Waals surface area contributed by atoms with E-state index in [4.69, 9.17) is 17.3 Å². The maximum Gasteiger partial charge on any atom is 0.254 e. The SMILES string of the molecule is Nc1cccc2c1CN(C(=O)c1ccc(O)c(Cl)c1)CC2. The van der Waals surface area contributed by atoms with Crippen LogP contribution in [0.5, 0.6) is 5.75 Å². The van der Waals surface area contributed by atoms with Crippen LogP contribution in [0.1, 0.15) is 21.5 Å². The zero-order chi connectivity index (χ0) is 15.0. The number of phenolic OH excluding ortho intramolecular Hbond substituents is 1. The number of rotatable bonds is 1. The Labute approximate surface area is 127 Å². The van der Waals surface area contributed by atoms with E-state index in [9.17, 15) is 9.90 Å². The molecule has 1 amide bonds. The first-order chi connectivity index (χ1) is 10.1. The number of hydrogen-bond donors (Lipinski definition) is 2. The van der Waals surface area contributed by atoms with Crippen LogP contribution in [0.3, 0.4) is 0 Å². The van der Waals surface area contributed by atoms with Crippen LogP contribution in [-0.4, -0.2) is 22.5 Å². The van der Waals surface area contributed by atoms with Gasteiger partial charge in [-0.05, 0) is 41.8 Å². The fourth-order valence-corrected chi connectivity index (χ4v) is 2.78. The van der Waals surface area contributed by atoms with Crippen LogP contribution < -0.4 is 5.73 Å². The van der Waals surface area contributed by atoms with Crippen molar-refractivity contribution in [3.05, 3.63) is 58.1 Å². The summed E-state index contributed by atoms with van der Waals surface area (Å²) in [7, 11) is 0. The second kappa shape index (κ2) is 5.30. The lowest BCUT2D eigenvalue weighted by atomic mass is 9.97. The third-order valence-corrected chi connectivity index (χ3v) is 4.09. The molecule has 108 valence electrons. The molecule has 3 N–H and O–H groups in total. The van der Waals surface area contributed by atoms with Crippen molar-refractivity contribution in [3.63, 3.8) is 0 Å². The van der Waals surface area contributed by atoms with Crippen molar-refractivity contribution >= 4 is 23.2 Å². The van der Waals surface area contributed by atoms with E-state index in [0.29, 0.717) is 24.3 Å². The summed E-state index contributed by atoms with van der Waals surface area (Å²) in [5, 5.41) is 9.61. The Morgan fingerprint density at radius 1 is 1.29 bits per heavy atom. The van der Waals surface area contributed by atoms with Crippen LogP contribution in [0, 0.1) is 0 Å². The van der Waals surface area contributed by atoms with Gasteiger partial charge in [0, 0.05) is 24.3 Å². The second-order valence-corrected chi connectivity index (χ2v) is 5.54. The van der Waals surface area contributed by atoms with E-state index in [1.165, 1.54) is 17.7 Å². The molecule has 4 nitrogen and oxygen atoms in total. The van der Waals surface area contributed by atoms with Crippen molar-refractivity contribution in [2.45, 2.75) is 13.0 Å². The van der Waals surface area contributed by atoms with Crippen molar-refractivity contribution in [2.75, 3.05) is 12.3 Å². The Balaban J connectivity index is 1.87. The van der Waals surface area contributed by atoms with Crippen molar-refractivity contribution < 1.29 is 9.90 Å². The number of amides is 1. The maximum atomic E-state index is 12.5. The third-order valence-electron chi connectivity index (χ3n) is 3.79. The zero-order valence-corrected chi connectivity index (χ0v) is 12.1. The minimum Gasteiger partial charge on any atom is -0.506 e. The standard InChI is InChI=1S/C16H15ClN2O2/c17-13-8-11(4-5-15(13)20)16(21)19-7-6-10-2-1-3-14(18)12(10)9-19/h1-5,8,20H,6-7,9,18H2. The molecule has 0 bridgehead atoms. The third kappa shape index (κ3) is 2.54. The molecule has 1 aliphatic rings. The fraction of sp³-hybridized carbons (Fsp3) is 0.188. The monoisotopic (exact) mass is 302 g/mol. The molecule has 2 aromatic carbocycles. The van der Waals surface area contributed by atoms with Gasteiger partial charge >= 0.3 is 0 Å². The Bertz CT molecular complexity index is 715. The van der Waals surface area contributed by atoms with Crippen LogP contribution >= 0.6 is 11.6 Å². The first-order valence-electron chi connectivity index (χ1n) is 6.70. The van der Waals surface area contributed by atoms with Gasteiger partial charge in [-0.25, -0.2) is 0 Å². The molecule has 0 saturated heterocycles. The summed E-state index contributed by atoms with van der Waals surface area (Å²) >= 11 is 5.86. The highest BCUT2D eigenvalue weighted by atomic mass is 35.5. The number of halogens is 1. The van der Waals surface area contributed by atoms with Crippen LogP contribution in [0.2, 0.25) is 5.02 Å². The highest BCUT2D eigenvalue weighted by Gasteiger charge is 2.23. The van der Waals surface area contributed by atoms with Crippen molar-refractivity contribution in [1.29, 1.82) is 0 Å². The number of benzene rings is 2. The number of nitrogens with two attached hydrogens (primary N) is 1. The minimum atomic E-state index is -0.106.